The molecular formula is C34H52N2O. The Bertz CT molecular complexity index is 1030. The zero-order chi connectivity index (χ0) is 27.5. The summed E-state index contributed by atoms with van der Waals surface area (Å²) in [4.78, 5) is 6.81. The van der Waals surface area contributed by atoms with E-state index >= 15 is 0 Å². The normalized spacial score (nSPS) is 17.9. The zero-order valence-corrected chi connectivity index (χ0v) is 25.3. The Morgan fingerprint density at radius 2 is 1.46 bits per heavy atom. The van der Waals surface area contributed by atoms with Gasteiger partial charge < -0.3 is 9.64 Å². The van der Waals surface area contributed by atoms with Crippen molar-refractivity contribution >= 4 is 6.34 Å². The molecule has 3 nitrogen and oxygen atoms in total. The molecule has 2 aromatic rings. The number of benzene rings is 2. The third-order valence-electron chi connectivity index (χ3n) is 10.8. The highest BCUT2D eigenvalue weighted by Crippen LogP contribution is 2.66. The summed E-state index contributed by atoms with van der Waals surface area (Å²) in [6, 6.07) is 20.1. The number of aliphatic imine (C=N–C) groups is 1. The van der Waals surface area contributed by atoms with E-state index in [4.69, 9.17) is 4.74 Å². The monoisotopic (exact) mass is 504 g/mol. The van der Waals surface area contributed by atoms with Crippen LogP contribution in [0.1, 0.15) is 86.3 Å². The molecule has 0 bridgehead atoms. The third-order valence-corrected chi connectivity index (χ3v) is 10.8. The van der Waals surface area contributed by atoms with Crippen LogP contribution >= 0.6 is 0 Å². The summed E-state index contributed by atoms with van der Waals surface area (Å²) in [5, 5.41) is 0. The zero-order valence-electron chi connectivity index (χ0n) is 25.3. The van der Waals surface area contributed by atoms with Gasteiger partial charge >= 0.3 is 0 Å². The summed E-state index contributed by atoms with van der Waals surface area (Å²) in [7, 11) is 1.74. The SMILES string of the molecule is COc1ccc(CC(C)(C(C)(C)CCCN2C=NCC2)C(C)(c2ccccc2)C(C)(C)C(C)(C)C)cc1. The molecule has 2 unspecified atom stereocenters. The van der Waals surface area contributed by atoms with Crippen molar-refractivity contribution in [2.75, 3.05) is 26.7 Å². The first kappa shape index (κ1) is 29.3. The number of rotatable bonds is 11. The van der Waals surface area contributed by atoms with Crippen LogP contribution in [0.15, 0.2) is 59.6 Å². The van der Waals surface area contributed by atoms with Crippen LogP contribution in [0, 0.1) is 21.7 Å². The number of nitrogens with zero attached hydrogens (tertiary/aromatic N) is 2. The Balaban J connectivity index is 2.16. The average molecular weight is 505 g/mol. The second-order valence-corrected chi connectivity index (χ2v) is 13.8. The Kier molecular flexibility index (Phi) is 8.57. The van der Waals surface area contributed by atoms with E-state index in [2.05, 4.69) is 127 Å². The fraction of sp³-hybridized carbons (Fsp3) is 0.618. The van der Waals surface area contributed by atoms with Crippen molar-refractivity contribution < 1.29 is 4.74 Å². The number of hydrogen-bond acceptors (Lipinski definition) is 3. The number of hydrogen-bond donors (Lipinski definition) is 0. The molecule has 0 saturated heterocycles. The molecule has 0 aliphatic carbocycles. The Morgan fingerprint density at radius 1 is 0.838 bits per heavy atom. The highest BCUT2D eigenvalue weighted by Gasteiger charge is 2.62. The molecule has 204 valence electrons. The molecule has 0 N–H and O–H groups in total. The summed E-state index contributed by atoms with van der Waals surface area (Å²) in [6.07, 6.45) is 5.37. The maximum Gasteiger partial charge on any atom is 0.118 e. The van der Waals surface area contributed by atoms with Gasteiger partial charge in [-0.05, 0) is 64.2 Å². The van der Waals surface area contributed by atoms with E-state index in [1.54, 1.807) is 7.11 Å². The van der Waals surface area contributed by atoms with Crippen LogP contribution in [0.5, 0.6) is 5.75 Å². The lowest BCUT2D eigenvalue weighted by atomic mass is 9.38. The maximum absolute atomic E-state index is 5.49. The molecular weight excluding hydrogens is 452 g/mol. The molecule has 2 atom stereocenters. The van der Waals surface area contributed by atoms with Crippen LogP contribution in [-0.4, -0.2) is 38.0 Å². The lowest BCUT2D eigenvalue weighted by Gasteiger charge is -2.65. The summed E-state index contributed by atoms with van der Waals surface area (Å²) < 4.78 is 5.49. The first-order chi connectivity index (χ1) is 17.2. The Labute approximate surface area is 227 Å². The molecule has 0 aromatic heterocycles. The third kappa shape index (κ3) is 5.47. The molecule has 0 saturated carbocycles. The lowest BCUT2D eigenvalue weighted by molar-refractivity contribution is -0.107. The van der Waals surface area contributed by atoms with E-state index in [9.17, 15) is 0 Å². The quantitative estimate of drug-likeness (QED) is 0.307. The molecule has 37 heavy (non-hydrogen) atoms. The van der Waals surface area contributed by atoms with Crippen LogP contribution < -0.4 is 4.74 Å². The molecule has 1 heterocycles. The van der Waals surface area contributed by atoms with Gasteiger partial charge in [0.2, 0.25) is 0 Å². The van der Waals surface area contributed by atoms with Crippen LogP contribution in [0.2, 0.25) is 0 Å². The van der Waals surface area contributed by atoms with E-state index in [1.807, 2.05) is 6.34 Å². The van der Waals surface area contributed by atoms with Gasteiger partial charge in [0.25, 0.3) is 0 Å². The number of methoxy groups -OCH3 is 1. The molecule has 0 spiro atoms. The highest BCUT2D eigenvalue weighted by atomic mass is 16.5. The molecule has 1 aliphatic rings. The lowest BCUT2D eigenvalue weighted by Crippen LogP contribution is -2.62. The van der Waals surface area contributed by atoms with Crippen LogP contribution in [0.4, 0.5) is 0 Å². The van der Waals surface area contributed by atoms with Crippen molar-refractivity contribution in [3.63, 3.8) is 0 Å². The Morgan fingerprint density at radius 3 is 1.97 bits per heavy atom. The largest absolute Gasteiger partial charge is 0.497 e. The van der Waals surface area contributed by atoms with Gasteiger partial charge in [-0.2, -0.15) is 0 Å². The van der Waals surface area contributed by atoms with Gasteiger partial charge in [0, 0.05) is 18.5 Å². The average Bonchev–Trinajstić information content (AvgIpc) is 3.37. The van der Waals surface area contributed by atoms with Crippen molar-refractivity contribution in [3.8, 4) is 5.75 Å². The summed E-state index contributed by atoms with van der Waals surface area (Å²) in [5.41, 5.74) is 2.81. The van der Waals surface area contributed by atoms with E-state index in [-0.39, 0.29) is 27.1 Å². The summed E-state index contributed by atoms with van der Waals surface area (Å²) in [6.45, 7) is 25.5. The van der Waals surface area contributed by atoms with Gasteiger partial charge in [0.05, 0.1) is 20.0 Å². The van der Waals surface area contributed by atoms with Gasteiger partial charge in [0.1, 0.15) is 5.75 Å². The van der Waals surface area contributed by atoms with E-state index in [0.717, 1.165) is 44.6 Å². The van der Waals surface area contributed by atoms with E-state index < -0.39 is 0 Å². The van der Waals surface area contributed by atoms with Crippen LogP contribution in [0.25, 0.3) is 0 Å². The second kappa shape index (κ2) is 10.8. The molecule has 2 aromatic carbocycles. The molecule has 0 amide bonds. The fourth-order valence-electron chi connectivity index (χ4n) is 6.72. The van der Waals surface area contributed by atoms with E-state index in [1.165, 1.54) is 11.1 Å². The minimum atomic E-state index is -0.113. The molecule has 0 fully saturated rings. The minimum Gasteiger partial charge on any atom is -0.497 e. The predicted molar refractivity (Wildman–Crippen MR) is 160 cm³/mol. The van der Waals surface area contributed by atoms with Crippen molar-refractivity contribution in [3.05, 3.63) is 65.7 Å². The van der Waals surface area contributed by atoms with Crippen molar-refractivity contribution in [1.82, 2.24) is 4.90 Å². The Hall–Kier alpha value is -2.29. The van der Waals surface area contributed by atoms with Gasteiger partial charge in [-0.3, -0.25) is 4.99 Å². The standard InChI is InChI=1S/C34H52N2O/c1-30(2,3)32(6,7)34(9,28-15-12-11-13-16-28)33(8,25-27-17-19-29(37-10)20-18-27)31(4,5)21-14-23-36-24-22-35-26-36/h11-13,15-20,26H,14,21-25H2,1-10H3. The molecule has 0 radical (unpaired) electrons. The van der Waals surface area contributed by atoms with Gasteiger partial charge in [-0.1, -0.05) is 105 Å². The first-order valence-corrected chi connectivity index (χ1v) is 14.1. The van der Waals surface area contributed by atoms with Crippen molar-refractivity contribution in [2.45, 2.75) is 87.0 Å². The van der Waals surface area contributed by atoms with Gasteiger partial charge in [-0.15, -0.1) is 0 Å². The molecule has 1 aliphatic heterocycles. The minimum absolute atomic E-state index is 0.00144. The topological polar surface area (TPSA) is 24.8 Å². The van der Waals surface area contributed by atoms with Crippen molar-refractivity contribution in [1.29, 1.82) is 0 Å². The molecule has 3 rings (SSSR count). The second-order valence-electron chi connectivity index (χ2n) is 13.8. The summed E-state index contributed by atoms with van der Waals surface area (Å²) in [5.74, 6) is 0.915. The summed E-state index contributed by atoms with van der Waals surface area (Å²) >= 11 is 0. The van der Waals surface area contributed by atoms with E-state index in [0.29, 0.717) is 0 Å². The van der Waals surface area contributed by atoms with Crippen molar-refractivity contribution in [2.24, 2.45) is 26.7 Å². The fourth-order valence-corrected chi connectivity index (χ4v) is 6.72. The highest BCUT2D eigenvalue weighted by molar-refractivity contribution is 5.56. The van der Waals surface area contributed by atoms with Crippen LogP contribution in [-0.2, 0) is 11.8 Å². The van der Waals surface area contributed by atoms with Crippen LogP contribution in [0.3, 0.4) is 0 Å². The molecule has 3 heteroatoms. The first-order valence-electron chi connectivity index (χ1n) is 14.1. The van der Waals surface area contributed by atoms with Gasteiger partial charge in [-0.25, -0.2) is 0 Å². The number of ether oxygens (including phenoxy) is 1. The smallest absolute Gasteiger partial charge is 0.118 e. The van der Waals surface area contributed by atoms with Gasteiger partial charge in [0.15, 0.2) is 0 Å². The predicted octanol–water partition coefficient (Wildman–Crippen LogP) is 8.42. The maximum atomic E-state index is 5.49.